The highest BCUT2D eigenvalue weighted by atomic mass is 35.5. The molecule has 1 saturated heterocycles. The van der Waals surface area contributed by atoms with Gasteiger partial charge in [-0.25, -0.2) is 0 Å². The first kappa shape index (κ1) is 25.8. The summed E-state index contributed by atoms with van der Waals surface area (Å²) in [6.45, 7) is 3.87. The number of nitrogens with zero attached hydrogens (tertiary/aromatic N) is 1. The molecule has 8 nitrogen and oxygen atoms in total. The van der Waals surface area contributed by atoms with Crippen LogP contribution in [0.25, 0.3) is 0 Å². The molecule has 2 aliphatic heterocycles. The molecule has 5 fully saturated rings. The summed E-state index contributed by atoms with van der Waals surface area (Å²) >= 11 is 0. The van der Waals surface area contributed by atoms with Crippen molar-refractivity contribution >= 4 is 36.7 Å². The number of hydrogen-bond donors (Lipinski definition) is 5. The highest BCUT2D eigenvalue weighted by Gasteiger charge is 2.57. The van der Waals surface area contributed by atoms with Crippen molar-refractivity contribution in [3.05, 3.63) is 0 Å². The maximum atomic E-state index is 12.8. The van der Waals surface area contributed by atoms with Crippen LogP contribution in [0.5, 0.6) is 0 Å². The molecule has 4 aliphatic carbocycles. The van der Waals surface area contributed by atoms with Gasteiger partial charge in [-0.05, 0) is 67.6 Å². The number of guanidine groups is 1. The van der Waals surface area contributed by atoms with Crippen LogP contribution in [0.1, 0.15) is 44.9 Å². The second kappa shape index (κ2) is 10.2. The molecule has 1 amide bonds. The molecule has 5 unspecified atom stereocenters. The first-order chi connectivity index (χ1) is 14.4. The van der Waals surface area contributed by atoms with E-state index in [9.17, 15) is 9.90 Å². The fourth-order valence-corrected chi connectivity index (χ4v) is 7.48. The lowest BCUT2D eigenvalue weighted by molar-refractivity contribution is -0.133. The smallest absolute Gasteiger partial charge is 0.224 e. The minimum atomic E-state index is -0.383. The van der Waals surface area contributed by atoms with Crippen LogP contribution in [0.2, 0.25) is 0 Å². The Morgan fingerprint density at radius 1 is 1.19 bits per heavy atom. The minimum Gasteiger partial charge on any atom is -0.389 e. The third-order valence-corrected chi connectivity index (χ3v) is 8.27. The lowest BCUT2D eigenvalue weighted by Crippen LogP contribution is -2.60. The van der Waals surface area contributed by atoms with E-state index in [0.717, 1.165) is 37.3 Å². The molecule has 32 heavy (non-hydrogen) atoms. The number of amides is 1. The second-order valence-electron chi connectivity index (χ2n) is 10.9. The molecule has 10 heteroatoms. The van der Waals surface area contributed by atoms with Crippen LogP contribution < -0.4 is 21.7 Å². The molecular weight excluding hydrogens is 453 g/mol. The number of aliphatic hydroxyl groups is 1. The summed E-state index contributed by atoms with van der Waals surface area (Å²) in [7, 11) is 0. The number of carbonyl (C=O) groups excluding carboxylic acids is 1. The fraction of sp³-hybridized carbons (Fsp3) is 0.909. The zero-order chi connectivity index (χ0) is 20.8. The first-order valence-electron chi connectivity index (χ1n) is 11.8. The molecule has 6 N–H and O–H groups in total. The normalized spacial score (nSPS) is 42.1. The van der Waals surface area contributed by atoms with E-state index in [4.69, 9.17) is 10.5 Å². The highest BCUT2D eigenvalue weighted by Crippen LogP contribution is 2.64. The van der Waals surface area contributed by atoms with E-state index in [1.807, 2.05) is 0 Å². The molecular formula is C22H39Cl2N5O3. The average Bonchev–Trinajstić information content (AvgIpc) is 2.71. The number of halogens is 2. The molecule has 6 rings (SSSR count). The SMILES string of the molecule is Cl.Cl.NC1COCCC1C(=O)NCC12CC3CC(C1)CC(CNC1=NCC(O)CN1)(C3)C2. The predicted molar refractivity (Wildman–Crippen MR) is 128 cm³/mol. The number of aliphatic hydroxyl groups excluding tert-OH is 1. The molecule has 0 radical (unpaired) electrons. The Kier molecular flexibility index (Phi) is 8.24. The standard InChI is InChI=1S/C22H37N5O3.2ClH/c23-18-10-30-2-1-17(18)19(29)26-12-21-4-14-3-15(5-21)7-22(6-14,11-21)13-27-20-24-8-16(28)9-25-20;;/h14-18,28H,1-13,23H2,(H,26,29)(H2,24,25,27);2*1H. The Morgan fingerprint density at radius 2 is 1.88 bits per heavy atom. The van der Waals surface area contributed by atoms with Gasteiger partial charge in [0.15, 0.2) is 5.96 Å². The van der Waals surface area contributed by atoms with Gasteiger partial charge in [-0.1, -0.05) is 0 Å². The predicted octanol–water partition coefficient (Wildman–Crippen LogP) is 0.806. The number of rotatable bonds is 5. The van der Waals surface area contributed by atoms with E-state index in [-0.39, 0.29) is 54.2 Å². The van der Waals surface area contributed by atoms with E-state index in [0.29, 0.717) is 31.7 Å². The summed E-state index contributed by atoms with van der Waals surface area (Å²) in [5.41, 5.74) is 6.66. The molecule has 6 aliphatic rings. The average molecular weight is 492 g/mol. The number of aliphatic imine (C=N–C) groups is 1. The van der Waals surface area contributed by atoms with E-state index < -0.39 is 0 Å². The maximum absolute atomic E-state index is 12.8. The summed E-state index contributed by atoms with van der Waals surface area (Å²) in [6, 6.07) is -0.187. The van der Waals surface area contributed by atoms with Gasteiger partial charge < -0.3 is 31.5 Å². The van der Waals surface area contributed by atoms with Crippen molar-refractivity contribution in [2.24, 2.45) is 39.3 Å². The Hall–Kier alpha value is -0.800. The van der Waals surface area contributed by atoms with E-state index >= 15 is 0 Å². The molecule has 184 valence electrons. The Balaban J connectivity index is 0.00000144. The topological polar surface area (TPSA) is 121 Å². The zero-order valence-corrected chi connectivity index (χ0v) is 20.3. The van der Waals surface area contributed by atoms with Crippen LogP contribution >= 0.6 is 24.8 Å². The number of ether oxygens (including phenoxy) is 1. The maximum Gasteiger partial charge on any atom is 0.224 e. The first-order valence-corrected chi connectivity index (χ1v) is 11.8. The monoisotopic (exact) mass is 491 g/mol. The molecule has 0 aromatic heterocycles. The number of nitrogens with one attached hydrogen (secondary N) is 3. The molecule has 0 spiro atoms. The summed E-state index contributed by atoms with van der Waals surface area (Å²) in [5, 5.41) is 19.7. The number of β-amino-alcohol motifs (C(OH)–C–C–N with tert-alkyl or cyclic N) is 1. The minimum absolute atomic E-state index is 0. The second-order valence-corrected chi connectivity index (χ2v) is 10.9. The largest absolute Gasteiger partial charge is 0.389 e. The lowest BCUT2D eigenvalue weighted by Gasteiger charge is -2.62. The Morgan fingerprint density at radius 3 is 2.50 bits per heavy atom. The summed E-state index contributed by atoms with van der Waals surface area (Å²) in [4.78, 5) is 17.3. The number of carbonyl (C=O) groups is 1. The van der Waals surface area contributed by atoms with Crippen molar-refractivity contribution < 1.29 is 14.6 Å². The summed E-state index contributed by atoms with van der Waals surface area (Å²) in [5.74, 6) is 2.38. The van der Waals surface area contributed by atoms with Gasteiger partial charge in [-0.15, -0.1) is 24.8 Å². The Bertz CT molecular complexity index is 695. The van der Waals surface area contributed by atoms with Crippen LogP contribution in [0.4, 0.5) is 0 Å². The molecule has 4 bridgehead atoms. The van der Waals surface area contributed by atoms with Gasteiger partial charge in [-0.2, -0.15) is 0 Å². The van der Waals surface area contributed by atoms with Crippen molar-refractivity contribution in [2.75, 3.05) is 39.4 Å². The molecule has 0 aromatic carbocycles. The van der Waals surface area contributed by atoms with Gasteiger partial charge in [0.25, 0.3) is 0 Å². The van der Waals surface area contributed by atoms with E-state index in [1.165, 1.54) is 38.5 Å². The van der Waals surface area contributed by atoms with Crippen molar-refractivity contribution in [2.45, 2.75) is 57.1 Å². The Labute approximate surface area is 203 Å². The van der Waals surface area contributed by atoms with Crippen LogP contribution in [-0.4, -0.2) is 68.5 Å². The van der Waals surface area contributed by atoms with Crippen molar-refractivity contribution in [3.63, 3.8) is 0 Å². The number of hydrogen-bond acceptors (Lipinski definition) is 7. The third kappa shape index (κ3) is 5.30. The van der Waals surface area contributed by atoms with Gasteiger partial charge in [0.2, 0.25) is 5.91 Å². The van der Waals surface area contributed by atoms with Crippen LogP contribution in [-0.2, 0) is 9.53 Å². The zero-order valence-electron chi connectivity index (χ0n) is 18.7. The van der Waals surface area contributed by atoms with E-state index in [2.05, 4.69) is 20.9 Å². The van der Waals surface area contributed by atoms with Crippen LogP contribution in [0.15, 0.2) is 4.99 Å². The van der Waals surface area contributed by atoms with Gasteiger partial charge >= 0.3 is 0 Å². The van der Waals surface area contributed by atoms with E-state index in [1.54, 1.807) is 0 Å². The fourth-order valence-electron chi connectivity index (χ4n) is 7.48. The van der Waals surface area contributed by atoms with Crippen molar-refractivity contribution in [3.8, 4) is 0 Å². The van der Waals surface area contributed by atoms with Crippen LogP contribution in [0.3, 0.4) is 0 Å². The summed E-state index contributed by atoms with van der Waals surface area (Å²) < 4.78 is 5.40. The van der Waals surface area contributed by atoms with Crippen molar-refractivity contribution in [1.29, 1.82) is 0 Å². The molecule has 4 saturated carbocycles. The molecule has 0 aromatic rings. The van der Waals surface area contributed by atoms with Gasteiger partial charge in [-0.3, -0.25) is 9.79 Å². The molecule has 5 atom stereocenters. The quantitative estimate of drug-likeness (QED) is 0.387. The van der Waals surface area contributed by atoms with Crippen LogP contribution in [0, 0.1) is 28.6 Å². The van der Waals surface area contributed by atoms with Gasteiger partial charge in [0.1, 0.15) is 0 Å². The van der Waals surface area contributed by atoms with Gasteiger partial charge in [0, 0.05) is 32.3 Å². The lowest BCUT2D eigenvalue weighted by atomic mass is 9.44. The number of nitrogens with two attached hydrogens (primary N) is 1. The van der Waals surface area contributed by atoms with Gasteiger partial charge in [0.05, 0.1) is 25.2 Å². The third-order valence-electron chi connectivity index (χ3n) is 8.27. The summed E-state index contributed by atoms with van der Waals surface area (Å²) in [6.07, 6.45) is 7.94. The highest BCUT2D eigenvalue weighted by molar-refractivity contribution is 5.85. The molecule has 2 heterocycles. The van der Waals surface area contributed by atoms with Crippen molar-refractivity contribution in [1.82, 2.24) is 16.0 Å².